The predicted octanol–water partition coefficient (Wildman–Crippen LogP) is 5.59. The first-order valence-corrected chi connectivity index (χ1v) is 11.3. The van der Waals surface area contributed by atoms with Crippen molar-refractivity contribution in [2.45, 2.75) is 91.9 Å². The van der Waals surface area contributed by atoms with Gasteiger partial charge in [0.1, 0.15) is 0 Å². The van der Waals surface area contributed by atoms with Crippen LogP contribution in [-0.2, 0) is 4.74 Å². The third kappa shape index (κ3) is 17.1. The first-order chi connectivity index (χ1) is 12.3. The predicted molar refractivity (Wildman–Crippen MR) is 113 cm³/mol. The van der Waals surface area contributed by atoms with Crippen LogP contribution >= 0.6 is 0 Å². The second kappa shape index (κ2) is 20.2. The zero-order valence-electron chi connectivity index (χ0n) is 18.0. The largest absolute Gasteiger partial charge is 0.381 e. The van der Waals surface area contributed by atoms with Gasteiger partial charge in [0, 0.05) is 26.3 Å². The number of unbranched alkanes of at least 4 members (excludes halogenated alkanes) is 4. The van der Waals surface area contributed by atoms with Gasteiger partial charge in [-0.05, 0) is 64.7 Å². The molecule has 0 heterocycles. The van der Waals surface area contributed by atoms with Crippen LogP contribution in [0.5, 0.6) is 0 Å². The summed E-state index contributed by atoms with van der Waals surface area (Å²) in [5, 5.41) is 0. The van der Waals surface area contributed by atoms with E-state index in [1.807, 2.05) is 0 Å². The summed E-state index contributed by atoms with van der Waals surface area (Å²) in [4.78, 5) is 5.27. The third-order valence-corrected chi connectivity index (χ3v) is 4.84. The highest BCUT2D eigenvalue weighted by Gasteiger charge is 2.05. The number of rotatable bonds is 20. The second-order valence-electron chi connectivity index (χ2n) is 7.42. The summed E-state index contributed by atoms with van der Waals surface area (Å²) in [6.45, 7) is 18.5. The summed E-state index contributed by atoms with van der Waals surface area (Å²) in [6.07, 6.45) is 12.9. The lowest BCUT2D eigenvalue weighted by atomic mass is 10.2. The Labute approximate surface area is 159 Å². The van der Waals surface area contributed by atoms with Crippen LogP contribution < -0.4 is 0 Å². The summed E-state index contributed by atoms with van der Waals surface area (Å²) in [7, 11) is 0. The summed E-state index contributed by atoms with van der Waals surface area (Å²) in [5.41, 5.74) is 0. The van der Waals surface area contributed by atoms with Crippen LogP contribution in [0.15, 0.2) is 0 Å². The Morgan fingerprint density at radius 2 is 0.720 bits per heavy atom. The van der Waals surface area contributed by atoms with E-state index in [2.05, 4.69) is 37.5 Å². The van der Waals surface area contributed by atoms with Gasteiger partial charge in [-0.3, -0.25) is 0 Å². The van der Waals surface area contributed by atoms with Crippen LogP contribution in [0.3, 0.4) is 0 Å². The highest BCUT2D eigenvalue weighted by Crippen LogP contribution is 2.03. The van der Waals surface area contributed by atoms with Crippen molar-refractivity contribution < 1.29 is 4.74 Å². The molecule has 0 aromatic rings. The Kier molecular flexibility index (Phi) is 20.1. The summed E-state index contributed by atoms with van der Waals surface area (Å²) < 4.78 is 5.90. The fourth-order valence-electron chi connectivity index (χ4n) is 3.08. The Balaban J connectivity index is 3.69. The van der Waals surface area contributed by atoms with Gasteiger partial charge in [0.2, 0.25) is 0 Å². The van der Waals surface area contributed by atoms with Crippen molar-refractivity contribution in [3.63, 3.8) is 0 Å². The summed E-state index contributed by atoms with van der Waals surface area (Å²) >= 11 is 0. The van der Waals surface area contributed by atoms with Crippen LogP contribution in [0.1, 0.15) is 91.9 Å². The number of hydrogen-bond acceptors (Lipinski definition) is 3. The molecule has 0 aliphatic heterocycles. The molecule has 0 fully saturated rings. The average molecular weight is 357 g/mol. The standard InChI is InChI=1S/C22H48N2O/c1-5-9-15-23(16-10-6-2)19-13-21-25-22-14-20-24(17-11-7-3)18-12-8-4/h5-22H2,1-4H3. The monoisotopic (exact) mass is 356 g/mol. The molecule has 0 aliphatic carbocycles. The molecular weight excluding hydrogens is 308 g/mol. The Morgan fingerprint density at radius 1 is 0.440 bits per heavy atom. The lowest BCUT2D eigenvalue weighted by Gasteiger charge is -2.22. The van der Waals surface area contributed by atoms with Crippen LogP contribution in [0.4, 0.5) is 0 Å². The molecule has 0 bridgehead atoms. The van der Waals surface area contributed by atoms with Crippen molar-refractivity contribution >= 4 is 0 Å². The lowest BCUT2D eigenvalue weighted by Crippen LogP contribution is -2.28. The van der Waals surface area contributed by atoms with Crippen LogP contribution in [0.25, 0.3) is 0 Å². The molecule has 0 radical (unpaired) electrons. The molecule has 0 aromatic heterocycles. The van der Waals surface area contributed by atoms with Gasteiger partial charge in [-0.2, -0.15) is 0 Å². The van der Waals surface area contributed by atoms with Crippen molar-refractivity contribution in [3.8, 4) is 0 Å². The minimum atomic E-state index is 0.929. The minimum Gasteiger partial charge on any atom is -0.381 e. The van der Waals surface area contributed by atoms with Crippen molar-refractivity contribution in [2.75, 3.05) is 52.5 Å². The van der Waals surface area contributed by atoms with Gasteiger partial charge < -0.3 is 14.5 Å². The Bertz CT molecular complexity index is 208. The molecule has 0 saturated heterocycles. The van der Waals surface area contributed by atoms with Crippen molar-refractivity contribution in [1.82, 2.24) is 9.80 Å². The van der Waals surface area contributed by atoms with Gasteiger partial charge in [-0.15, -0.1) is 0 Å². The molecule has 0 aliphatic rings. The number of ether oxygens (including phenoxy) is 1. The van der Waals surface area contributed by atoms with Crippen molar-refractivity contribution in [3.05, 3.63) is 0 Å². The lowest BCUT2D eigenvalue weighted by molar-refractivity contribution is 0.108. The zero-order chi connectivity index (χ0) is 18.6. The number of nitrogens with zero attached hydrogens (tertiary/aromatic N) is 2. The van der Waals surface area contributed by atoms with E-state index in [0.717, 1.165) is 13.2 Å². The van der Waals surface area contributed by atoms with E-state index in [1.54, 1.807) is 0 Å². The van der Waals surface area contributed by atoms with Crippen molar-refractivity contribution in [1.29, 1.82) is 0 Å². The second-order valence-corrected chi connectivity index (χ2v) is 7.42. The van der Waals surface area contributed by atoms with Crippen molar-refractivity contribution in [2.24, 2.45) is 0 Å². The van der Waals surface area contributed by atoms with Gasteiger partial charge >= 0.3 is 0 Å². The van der Waals surface area contributed by atoms with E-state index in [9.17, 15) is 0 Å². The smallest absolute Gasteiger partial charge is 0.0478 e. The highest BCUT2D eigenvalue weighted by atomic mass is 16.5. The fraction of sp³-hybridized carbons (Fsp3) is 1.00. The highest BCUT2D eigenvalue weighted by molar-refractivity contribution is 4.59. The molecule has 0 saturated carbocycles. The molecule has 0 N–H and O–H groups in total. The van der Waals surface area contributed by atoms with E-state index < -0.39 is 0 Å². The molecule has 0 rings (SSSR count). The SMILES string of the molecule is CCCCN(CCCC)CCCOCCCN(CCCC)CCCC. The topological polar surface area (TPSA) is 15.7 Å². The van der Waals surface area contributed by atoms with Gasteiger partial charge in [0.15, 0.2) is 0 Å². The van der Waals surface area contributed by atoms with Crippen LogP contribution in [-0.4, -0.2) is 62.3 Å². The molecule has 3 nitrogen and oxygen atoms in total. The molecule has 152 valence electrons. The van der Waals surface area contributed by atoms with Gasteiger partial charge in [0.25, 0.3) is 0 Å². The molecule has 0 spiro atoms. The third-order valence-electron chi connectivity index (χ3n) is 4.84. The van der Waals surface area contributed by atoms with Gasteiger partial charge in [0.05, 0.1) is 0 Å². The Morgan fingerprint density at radius 3 is 1.00 bits per heavy atom. The van der Waals surface area contributed by atoms with E-state index in [0.29, 0.717) is 0 Å². The van der Waals surface area contributed by atoms with E-state index in [4.69, 9.17) is 4.74 Å². The summed E-state index contributed by atoms with van der Waals surface area (Å²) in [6, 6.07) is 0. The first-order valence-electron chi connectivity index (χ1n) is 11.3. The van der Waals surface area contributed by atoms with E-state index in [-0.39, 0.29) is 0 Å². The van der Waals surface area contributed by atoms with Crippen LogP contribution in [0.2, 0.25) is 0 Å². The van der Waals surface area contributed by atoms with Gasteiger partial charge in [-0.25, -0.2) is 0 Å². The number of hydrogen-bond donors (Lipinski definition) is 0. The zero-order valence-corrected chi connectivity index (χ0v) is 18.0. The average Bonchev–Trinajstić information content (AvgIpc) is 2.63. The Hall–Kier alpha value is -0.120. The molecule has 0 atom stereocenters. The molecular formula is C22H48N2O. The molecule has 0 unspecified atom stereocenters. The fourth-order valence-corrected chi connectivity index (χ4v) is 3.08. The maximum absolute atomic E-state index is 5.90. The normalized spacial score (nSPS) is 11.8. The quantitative estimate of drug-likeness (QED) is 0.265. The molecule has 25 heavy (non-hydrogen) atoms. The van der Waals surface area contributed by atoms with E-state index in [1.165, 1.54) is 103 Å². The van der Waals surface area contributed by atoms with Crippen LogP contribution in [0, 0.1) is 0 Å². The molecule has 0 amide bonds. The maximum Gasteiger partial charge on any atom is 0.0478 e. The molecule has 3 heteroatoms. The minimum absolute atomic E-state index is 0.929. The van der Waals surface area contributed by atoms with E-state index >= 15 is 0 Å². The molecule has 0 aromatic carbocycles. The van der Waals surface area contributed by atoms with Gasteiger partial charge in [-0.1, -0.05) is 53.4 Å². The first kappa shape index (κ1) is 24.9. The summed E-state index contributed by atoms with van der Waals surface area (Å²) in [5.74, 6) is 0. The maximum atomic E-state index is 5.90.